The fourth-order valence-corrected chi connectivity index (χ4v) is 3.49. The zero-order chi connectivity index (χ0) is 19.2. The van der Waals surface area contributed by atoms with E-state index in [-0.39, 0.29) is 24.8 Å². The molecule has 27 heavy (non-hydrogen) atoms. The topological polar surface area (TPSA) is 84.0 Å². The largest absolute Gasteiger partial charge is 0.352 e. The summed E-state index contributed by atoms with van der Waals surface area (Å²) < 4.78 is 0. The fraction of sp³-hybridized carbons (Fsp3) is 0.158. The number of aromatic nitrogens is 2. The first kappa shape index (κ1) is 19.0. The molecule has 0 bridgehead atoms. The van der Waals surface area contributed by atoms with E-state index in [1.807, 2.05) is 37.3 Å². The van der Waals surface area contributed by atoms with Gasteiger partial charge in [0.25, 0.3) is 5.91 Å². The number of hydrogen-bond acceptors (Lipinski definition) is 5. The van der Waals surface area contributed by atoms with Crippen LogP contribution in [0.1, 0.15) is 22.3 Å². The van der Waals surface area contributed by atoms with Crippen molar-refractivity contribution in [2.24, 2.45) is 0 Å². The van der Waals surface area contributed by atoms with E-state index in [4.69, 9.17) is 11.6 Å². The lowest BCUT2D eigenvalue weighted by Crippen LogP contribution is -2.28. The highest BCUT2D eigenvalue weighted by Crippen LogP contribution is 2.31. The lowest BCUT2D eigenvalue weighted by atomic mass is 10.1. The van der Waals surface area contributed by atoms with Crippen LogP contribution in [0.25, 0.3) is 10.6 Å². The first-order valence-corrected chi connectivity index (χ1v) is 9.46. The molecule has 0 saturated carbocycles. The minimum absolute atomic E-state index is 0.138. The summed E-state index contributed by atoms with van der Waals surface area (Å²) in [6.07, 6.45) is 0.138. The molecule has 0 saturated heterocycles. The third kappa shape index (κ3) is 4.90. The van der Waals surface area contributed by atoms with Gasteiger partial charge in [0.2, 0.25) is 11.0 Å². The molecule has 138 valence electrons. The van der Waals surface area contributed by atoms with Gasteiger partial charge in [0.15, 0.2) is 5.01 Å². The van der Waals surface area contributed by atoms with Gasteiger partial charge in [0.1, 0.15) is 0 Å². The molecule has 0 aliphatic rings. The quantitative estimate of drug-likeness (QED) is 0.656. The summed E-state index contributed by atoms with van der Waals surface area (Å²) in [5, 5.41) is 15.0. The van der Waals surface area contributed by atoms with E-state index in [1.165, 1.54) is 11.3 Å². The van der Waals surface area contributed by atoms with E-state index in [1.54, 1.807) is 18.2 Å². The van der Waals surface area contributed by atoms with Crippen molar-refractivity contribution in [1.29, 1.82) is 0 Å². The first-order chi connectivity index (χ1) is 13.0. The predicted octanol–water partition coefficient (Wildman–Crippen LogP) is 3.93. The van der Waals surface area contributed by atoms with Gasteiger partial charge in [-0.05, 0) is 24.6 Å². The molecule has 0 spiro atoms. The van der Waals surface area contributed by atoms with Gasteiger partial charge in [0.05, 0.1) is 5.02 Å². The number of hydrogen-bond donors (Lipinski definition) is 2. The smallest absolute Gasteiger partial charge is 0.251 e. The Morgan fingerprint density at radius 1 is 1.07 bits per heavy atom. The van der Waals surface area contributed by atoms with Crippen LogP contribution in [0.5, 0.6) is 0 Å². The minimum atomic E-state index is -0.248. The maximum absolute atomic E-state index is 12.1. The molecular formula is C19H17ClN4O2S. The highest BCUT2D eigenvalue weighted by atomic mass is 35.5. The van der Waals surface area contributed by atoms with E-state index >= 15 is 0 Å². The van der Waals surface area contributed by atoms with Crippen LogP contribution in [0.15, 0.2) is 48.5 Å². The monoisotopic (exact) mass is 400 g/mol. The number of amides is 2. The summed E-state index contributed by atoms with van der Waals surface area (Å²) in [6, 6.07) is 14.6. The lowest BCUT2D eigenvalue weighted by Gasteiger charge is -2.07. The third-order valence-electron chi connectivity index (χ3n) is 3.80. The summed E-state index contributed by atoms with van der Waals surface area (Å²) in [7, 11) is 0. The van der Waals surface area contributed by atoms with Gasteiger partial charge >= 0.3 is 0 Å². The Labute approximate surface area is 165 Å². The lowest BCUT2D eigenvalue weighted by molar-refractivity contribution is -0.116. The number of halogens is 1. The average molecular weight is 401 g/mol. The van der Waals surface area contributed by atoms with Crippen molar-refractivity contribution in [3.63, 3.8) is 0 Å². The first-order valence-electron chi connectivity index (χ1n) is 8.26. The molecule has 3 aromatic rings. The molecule has 1 heterocycles. The number of rotatable bonds is 6. The van der Waals surface area contributed by atoms with Crippen molar-refractivity contribution >= 4 is 39.9 Å². The van der Waals surface area contributed by atoms with Crippen LogP contribution in [0.4, 0.5) is 5.13 Å². The maximum Gasteiger partial charge on any atom is 0.251 e. The van der Waals surface area contributed by atoms with Crippen molar-refractivity contribution in [2.75, 3.05) is 11.9 Å². The third-order valence-corrected chi connectivity index (χ3v) is 5.00. The second-order valence-electron chi connectivity index (χ2n) is 5.76. The van der Waals surface area contributed by atoms with Gasteiger partial charge < -0.3 is 10.6 Å². The fourth-order valence-electron chi connectivity index (χ4n) is 2.41. The molecule has 2 aromatic carbocycles. The van der Waals surface area contributed by atoms with Crippen LogP contribution in [0.3, 0.4) is 0 Å². The number of benzene rings is 2. The van der Waals surface area contributed by atoms with E-state index in [9.17, 15) is 9.59 Å². The van der Waals surface area contributed by atoms with Crippen LogP contribution in [-0.4, -0.2) is 28.6 Å². The second-order valence-corrected chi connectivity index (χ2v) is 7.15. The summed E-state index contributed by atoms with van der Waals surface area (Å²) in [6.45, 7) is 2.10. The van der Waals surface area contributed by atoms with Crippen LogP contribution >= 0.6 is 22.9 Å². The summed E-state index contributed by atoms with van der Waals surface area (Å²) in [5.41, 5.74) is 2.26. The van der Waals surface area contributed by atoms with Crippen molar-refractivity contribution < 1.29 is 9.59 Å². The number of carbonyl (C=O) groups is 2. The van der Waals surface area contributed by atoms with Gasteiger partial charge in [-0.1, -0.05) is 59.3 Å². The molecule has 0 atom stereocenters. The Kier molecular flexibility index (Phi) is 6.16. The standard InChI is InChI=1S/C19H17ClN4O2S/c1-12-6-2-3-7-13(12)17(26)21-11-10-16(25)22-19-24-23-18(27-19)14-8-4-5-9-15(14)20/h2-9H,10-11H2,1H3,(H,21,26)(H,22,24,25). The van der Waals surface area contributed by atoms with Crippen molar-refractivity contribution in [2.45, 2.75) is 13.3 Å². The molecular weight excluding hydrogens is 384 g/mol. The average Bonchev–Trinajstić information content (AvgIpc) is 3.10. The van der Waals surface area contributed by atoms with Gasteiger partial charge in [-0.25, -0.2) is 0 Å². The second kappa shape index (κ2) is 8.75. The molecule has 0 aliphatic carbocycles. The van der Waals surface area contributed by atoms with Crippen molar-refractivity contribution in [3.8, 4) is 10.6 Å². The summed E-state index contributed by atoms with van der Waals surface area (Å²) >= 11 is 7.39. The summed E-state index contributed by atoms with van der Waals surface area (Å²) in [4.78, 5) is 24.2. The van der Waals surface area contributed by atoms with Gasteiger partial charge in [-0.2, -0.15) is 0 Å². The van der Waals surface area contributed by atoms with Crippen LogP contribution in [0, 0.1) is 6.92 Å². The highest BCUT2D eigenvalue weighted by Gasteiger charge is 2.13. The number of aryl methyl sites for hydroxylation is 1. The number of nitrogens with one attached hydrogen (secondary N) is 2. The highest BCUT2D eigenvalue weighted by molar-refractivity contribution is 7.18. The SMILES string of the molecule is Cc1ccccc1C(=O)NCCC(=O)Nc1nnc(-c2ccccc2Cl)s1. The number of anilines is 1. The molecule has 6 nitrogen and oxygen atoms in total. The van der Waals surface area contributed by atoms with Crippen LogP contribution in [-0.2, 0) is 4.79 Å². The molecule has 2 amide bonds. The Morgan fingerprint density at radius 3 is 2.59 bits per heavy atom. The predicted molar refractivity (Wildman–Crippen MR) is 107 cm³/mol. The molecule has 0 radical (unpaired) electrons. The van der Waals surface area contributed by atoms with Gasteiger partial charge in [-0.3, -0.25) is 9.59 Å². The molecule has 8 heteroatoms. The minimum Gasteiger partial charge on any atom is -0.352 e. The summed E-state index contributed by atoms with van der Waals surface area (Å²) in [5.74, 6) is -0.445. The van der Waals surface area contributed by atoms with E-state index in [0.717, 1.165) is 11.1 Å². The molecule has 0 fully saturated rings. The van der Waals surface area contributed by atoms with Gasteiger partial charge in [-0.15, -0.1) is 10.2 Å². The number of carbonyl (C=O) groups excluding carboxylic acids is 2. The van der Waals surface area contributed by atoms with Gasteiger partial charge in [0, 0.05) is 24.1 Å². The number of nitrogens with zero attached hydrogens (tertiary/aromatic N) is 2. The Hall–Kier alpha value is -2.77. The normalized spacial score (nSPS) is 10.4. The Balaban J connectivity index is 1.51. The Morgan fingerprint density at radius 2 is 1.81 bits per heavy atom. The molecule has 0 aliphatic heterocycles. The molecule has 3 rings (SSSR count). The molecule has 1 aromatic heterocycles. The van der Waals surface area contributed by atoms with E-state index < -0.39 is 0 Å². The van der Waals surface area contributed by atoms with Crippen molar-refractivity contribution in [1.82, 2.24) is 15.5 Å². The van der Waals surface area contributed by atoms with Crippen LogP contribution < -0.4 is 10.6 Å². The maximum atomic E-state index is 12.1. The zero-order valence-corrected chi connectivity index (χ0v) is 16.1. The zero-order valence-electron chi connectivity index (χ0n) is 14.5. The van der Waals surface area contributed by atoms with E-state index in [0.29, 0.717) is 20.7 Å². The van der Waals surface area contributed by atoms with E-state index in [2.05, 4.69) is 20.8 Å². The van der Waals surface area contributed by atoms with Crippen molar-refractivity contribution in [3.05, 3.63) is 64.7 Å². The Bertz CT molecular complexity index is 974. The molecule has 2 N–H and O–H groups in total. The molecule has 0 unspecified atom stereocenters. The van der Waals surface area contributed by atoms with Crippen LogP contribution in [0.2, 0.25) is 5.02 Å².